The van der Waals surface area contributed by atoms with Gasteiger partial charge in [-0.1, -0.05) is 0 Å². The number of aromatic nitrogens is 4. The first-order valence-corrected chi connectivity index (χ1v) is 8.78. The van der Waals surface area contributed by atoms with Gasteiger partial charge < -0.3 is 9.47 Å². The van der Waals surface area contributed by atoms with Crippen molar-refractivity contribution in [3.63, 3.8) is 0 Å². The first kappa shape index (κ1) is 16.7. The molecule has 0 unspecified atom stereocenters. The fraction of sp³-hybridized carbons (Fsp3) is 0.611. The van der Waals surface area contributed by atoms with Crippen molar-refractivity contribution in [3.05, 3.63) is 34.7 Å². The molecule has 1 saturated heterocycles. The van der Waals surface area contributed by atoms with E-state index in [1.165, 1.54) is 0 Å². The smallest absolute Gasteiger partial charge is 0.255 e. The number of carbonyl (C=O) groups excluding carboxylic acids is 1. The van der Waals surface area contributed by atoms with E-state index in [9.17, 15) is 4.79 Å². The fourth-order valence-electron chi connectivity index (χ4n) is 3.90. The molecule has 1 fully saturated rings. The Morgan fingerprint density at radius 2 is 2.04 bits per heavy atom. The van der Waals surface area contributed by atoms with Gasteiger partial charge >= 0.3 is 0 Å². The van der Waals surface area contributed by atoms with Crippen LogP contribution in [-0.2, 0) is 6.54 Å². The van der Waals surface area contributed by atoms with Crippen molar-refractivity contribution >= 4 is 5.91 Å². The largest absolute Gasteiger partial charge is 0.349 e. The SMILES string of the molecule is CCn1c(C)cc(C(=O)N2CCC[C@H](n3nc(C)nc3C)C2)c1C. The summed E-state index contributed by atoms with van der Waals surface area (Å²) >= 11 is 0. The Morgan fingerprint density at radius 3 is 2.62 bits per heavy atom. The number of nitrogens with zero attached hydrogens (tertiary/aromatic N) is 5. The van der Waals surface area contributed by atoms with Crippen molar-refractivity contribution in [1.82, 2.24) is 24.2 Å². The van der Waals surface area contributed by atoms with Gasteiger partial charge in [0.1, 0.15) is 11.6 Å². The normalized spacial score (nSPS) is 18.2. The summed E-state index contributed by atoms with van der Waals surface area (Å²) in [5.74, 6) is 1.86. The van der Waals surface area contributed by atoms with Gasteiger partial charge in [-0.05, 0) is 53.5 Å². The number of hydrogen-bond acceptors (Lipinski definition) is 3. The lowest BCUT2D eigenvalue weighted by Crippen LogP contribution is -2.41. The third-order valence-corrected chi connectivity index (χ3v) is 5.06. The Labute approximate surface area is 143 Å². The third-order valence-electron chi connectivity index (χ3n) is 5.06. The summed E-state index contributed by atoms with van der Waals surface area (Å²) < 4.78 is 4.18. The van der Waals surface area contributed by atoms with Crippen molar-refractivity contribution in [1.29, 1.82) is 0 Å². The summed E-state index contributed by atoms with van der Waals surface area (Å²) in [5.41, 5.74) is 3.05. The Kier molecular flexibility index (Phi) is 4.47. The highest BCUT2D eigenvalue weighted by molar-refractivity contribution is 5.95. The molecule has 0 aromatic carbocycles. The maximum absolute atomic E-state index is 13.0. The fourth-order valence-corrected chi connectivity index (χ4v) is 3.90. The van der Waals surface area contributed by atoms with E-state index in [1.807, 2.05) is 36.4 Å². The van der Waals surface area contributed by atoms with E-state index in [0.29, 0.717) is 6.54 Å². The standard InChI is InChI=1S/C18H27N5O/c1-6-22-12(2)10-17(13(22)3)18(24)21-9-7-8-16(11-21)23-15(5)19-14(4)20-23/h10,16H,6-9,11H2,1-5H3/t16-/m0/s1. The second-order valence-electron chi connectivity index (χ2n) is 6.73. The Bertz CT molecular complexity index is 758. The maximum atomic E-state index is 13.0. The van der Waals surface area contributed by atoms with Crippen LogP contribution in [0, 0.1) is 27.7 Å². The topological polar surface area (TPSA) is 56.0 Å². The van der Waals surface area contributed by atoms with E-state index in [-0.39, 0.29) is 11.9 Å². The minimum absolute atomic E-state index is 0.141. The van der Waals surface area contributed by atoms with Gasteiger partial charge in [-0.2, -0.15) is 5.10 Å². The third kappa shape index (κ3) is 2.85. The minimum Gasteiger partial charge on any atom is -0.349 e. The molecule has 1 amide bonds. The molecule has 1 aliphatic heterocycles. The van der Waals surface area contributed by atoms with Crippen molar-refractivity contribution in [2.75, 3.05) is 13.1 Å². The van der Waals surface area contributed by atoms with Gasteiger partial charge in [0.15, 0.2) is 0 Å². The summed E-state index contributed by atoms with van der Waals surface area (Å²) in [6, 6.07) is 2.24. The highest BCUT2D eigenvalue weighted by Gasteiger charge is 2.28. The molecule has 130 valence electrons. The zero-order chi connectivity index (χ0) is 17.4. The van der Waals surface area contributed by atoms with Gasteiger partial charge in [-0.3, -0.25) is 4.79 Å². The average Bonchev–Trinajstić information content (AvgIpc) is 3.05. The molecule has 1 atom stereocenters. The predicted molar refractivity (Wildman–Crippen MR) is 93.3 cm³/mol. The van der Waals surface area contributed by atoms with Crippen LogP contribution in [0.3, 0.4) is 0 Å². The number of rotatable bonds is 3. The molecular formula is C18H27N5O. The predicted octanol–water partition coefficient (Wildman–Crippen LogP) is 2.81. The van der Waals surface area contributed by atoms with Crippen LogP contribution in [0.5, 0.6) is 0 Å². The lowest BCUT2D eigenvalue weighted by Gasteiger charge is -2.33. The van der Waals surface area contributed by atoms with E-state index < -0.39 is 0 Å². The number of carbonyl (C=O) groups is 1. The number of aryl methyl sites for hydroxylation is 3. The van der Waals surface area contributed by atoms with Crippen molar-refractivity contribution in [2.24, 2.45) is 0 Å². The number of piperidine rings is 1. The summed E-state index contributed by atoms with van der Waals surface area (Å²) in [4.78, 5) is 19.4. The minimum atomic E-state index is 0.141. The van der Waals surface area contributed by atoms with Gasteiger partial charge in [-0.25, -0.2) is 9.67 Å². The number of hydrogen-bond donors (Lipinski definition) is 0. The number of amides is 1. The van der Waals surface area contributed by atoms with Crippen LogP contribution in [0.2, 0.25) is 0 Å². The van der Waals surface area contributed by atoms with Crippen LogP contribution in [0.25, 0.3) is 0 Å². The molecule has 0 aliphatic carbocycles. The lowest BCUT2D eigenvalue weighted by atomic mass is 10.0. The first-order valence-electron chi connectivity index (χ1n) is 8.78. The van der Waals surface area contributed by atoms with Crippen LogP contribution in [0.4, 0.5) is 0 Å². The molecular weight excluding hydrogens is 302 g/mol. The number of likely N-dealkylation sites (tertiary alicyclic amines) is 1. The molecule has 0 saturated carbocycles. The molecule has 2 aromatic rings. The van der Waals surface area contributed by atoms with E-state index in [1.54, 1.807) is 0 Å². The zero-order valence-corrected chi connectivity index (χ0v) is 15.3. The first-order chi connectivity index (χ1) is 11.4. The molecule has 6 heteroatoms. The van der Waals surface area contributed by atoms with E-state index >= 15 is 0 Å². The molecule has 6 nitrogen and oxygen atoms in total. The van der Waals surface area contributed by atoms with Crippen molar-refractivity contribution < 1.29 is 4.79 Å². The van der Waals surface area contributed by atoms with Gasteiger partial charge in [0, 0.05) is 31.0 Å². The highest BCUT2D eigenvalue weighted by Crippen LogP contribution is 2.25. The molecule has 3 heterocycles. The molecule has 2 aromatic heterocycles. The molecule has 24 heavy (non-hydrogen) atoms. The highest BCUT2D eigenvalue weighted by atomic mass is 16.2. The molecule has 0 spiro atoms. The Morgan fingerprint density at radius 1 is 1.29 bits per heavy atom. The summed E-state index contributed by atoms with van der Waals surface area (Å²) in [5, 5.41) is 4.51. The average molecular weight is 329 g/mol. The van der Waals surface area contributed by atoms with Crippen LogP contribution in [-0.4, -0.2) is 43.2 Å². The summed E-state index contributed by atoms with van der Waals surface area (Å²) in [7, 11) is 0. The van der Waals surface area contributed by atoms with Crippen LogP contribution >= 0.6 is 0 Å². The Balaban J connectivity index is 1.82. The van der Waals surface area contributed by atoms with Crippen LogP contribution in [0.15, 0.2) is 6.07 Å². The lowest BCUT2D eigenvalue weighted by molar-refractivity contribution is 0.0670. The maximum Gasteiger partial charge on any atom is 0.255 e. The zero-order valence-electron chi connectivity index (χ0n) is 15.3. The molecule has 1 aliphatic rings. The van der Waals surface area contributed by atoms with Gasteiger partial charge in [-0.15, -0.1) is 0 Å². The van der Waals surface area contributed by atoms with E-state index in [2.05, 4.69) is 28.5 Å². The second kappa shape index (κ2) is 6.42. The molecule has 0 N–H and O–H groups in total. The van der Waals surface area contributed by atoms with Gasteiger partial charge in [0.25, 0.3) is 5.91 Å². The van der Waals surface area contributed by atoms with Crippen LogP contribution in [0.1, 0.15) is 59.2 Å². The second-order valence-corrected chi connectivity index (χ2v) is 6.73. The monoisotopic (exact) mass is 329 g/mol. The summed E-state index contributed by atoms with van der Waals surface area (Å²) in [6.07, 6.45) is 2.04. The molecule has 0 bridgehead atoms. The van der Waals surface area contributed by atoms with E-state index in [4.69, 9.17) is 0 Å². The molecule has 3 rings (SSSR count). The van der Waals surface area contributed by atoms with Crippen LogP contribution < -0.4 is 0 Å². The summed E-state index contributed by atoms with van der Waals surface area (Å²) in [6.45, 7) is 12.5. The van der Waals surface area contributed by atoms with Gasteiger partial charge in [0.05, 0.1) is 11.6 Å². The Hall–Kier alpha value is -2.11. The molecule has 0 radical (unpaired) electrons. The van der Waals surface area contributed by atoms with Gasteiger partial charge in [0.2, 0.25) is 0 Å². The van der Waals surface area contributed by atoms with Crippen molar-refractivity contribution in [2.45, 2.75) is 60.0 Å². The van der Waals surface area contributed by atoms with E-state index in [0.717, 1.165) is 54.5 Å². The quantitative estimate of drug-likeness (QED) is 0.870. The van der Waals surface area contributed by atoms with Crippen molar-refractivity contribution in [3.8, 4) is 0 Å².